The Bertz CT molecular complexity index is 506. The van der Waals surface area contributed by atoms with Gasteiger partial charge < -0.3 is 22.1 Å². The predicted molar refractivity (Wildman–Crippen MR) is 99.2 cm³/mol. The summed E-state index contributed by atoms with van der Waals surface area (Å²) < 4.78 is 0. The van der Waals surface area contributed by atoms with Gasteiger partial charge in [-0.25, -0.2) is 4.79 Å². The first-order valence-corrected chi connectivity index (χ1v) is 9.07. The Labute approximate surface area is 153 Å². The molecule has 2 atom stereocenters. The van der Waals surface area contributed by atoms with Gasteiger partial charge in [0, 0.05) is 17.5 Å². The number of carbonyl (C=O) groups excluding carboxylic acids is 2. The maximum atomic E-state index is 12.4. The third-order valence-corrected chi connectivity index (χ3v) is 5.40. The number of thiophene rings is 1. The van der Waals surface area contributed by atoms with Crippen LogP contribution in [0.15, 0.2) is 17.5 Å². The molecule has 0 bridgehead atoms. The van der Waals surface area contributed by atoms with E-state index in [4.69, 9.17) is 11.5 Å². The average molecular weight is 375 g/mol. The van der Waals surface area contributed by atoms with Gasteiger partial charge in [-0.05, 0) is 30.2 Å². The third kappa shape index (κ3) is 6.30. The maximum absolute atomic E-state index is 12.4. The van der Waals surface area contributed by atoms with Crippen LogP contribution in [0.1, 0.15) is 49.4 Å². The topological polar surface area (TPSA) is 110 Å². The van der Waals surface area contributed by atoms with Crippen molar-refractivity contribution in [2.24, 2.45) is 17.4 Å². The second kappa shape index (κ2) is 10.5. The minimum atomic E-state index is -0.626. The zero-order valence-electron chi connectivity index (χ0n) is 13.7. The Hall–Kier alpha value is -1.31. The Morgan fingerprint density at radius 1 is 1.25 bits per heavy atom. The summed E-state index contributed by atoms with van der Waals surface area (Å²) in [6.07, 6.45) is 6.10. The van der Waals surface area contributed by atoms with Gasteiger partial charge in [0.1, 0.15) is 0 Å². The molecule has 0 aromatic carbocycles. The number of primary amides is 1. The molecule has 1 aliphatic rings. The first-order valence-electron chi connectivity index (χ1n) is 8.19. The Balaban J connectivity index is 0.00000288. The molecule has 3 amide bonds. The van der Waals surface area contributed by atoms with Crippen LogP contribution in [0, 0.1) is 5.92 Å². The van der Waals surface area contributed by atoms with E-state index in [1.54, 1.807) is 0 Å². The molecule has 6 nitrogen and oxygen atoms in total. The third-order valence-electron chi connectivity index (χ3n) is 4.41. The molecule has 0 aliphatic heterocycles. The summed E-state index contributed by atoms with van der Waals surface area (Å²) in [6.45, 7) is 0.448. The van der Waals surface area contributed by atoms with Gasteiger partial charge >= 0.3 is 6.03 Å². The molecule has 6 N–H and O–H groups in total. The Morgan fingerprint density at radius 3 is 2.50 bits per heavy atom. The molecule has 0 spiro atoms. The number of nitrogens with two attached hydrogens (primary N) is 2. The van der Waals surface area contributed by atoms with Crippen LogP contribution in [0.2, 0.25) is 0 Å². The van der Waals surface area contributed by atoms with Gasteiger partial charge in [-0.3, -0.25) is 4.79 Å². The van der Waals surface area contributed by atoms with E-state index in [1.807, 2.05) is 17.5 Å². The smallest absolute Gasteiger partial charge is 0.312 e. The van der Waals surface area contributed by atoms with Crippen molar-refractivity contribution >= 4 is 35.7 Å². The van der Waals surface area contributed by atoms with Crippen molar-refractivity contribution in [3.05, 3.63) is 22.4 Å². The fraction of sp³-hybridized carbons (Fsp3) is 0.625. The van der Waals surface area contributed by atoms with E-state index in [2.05, 4.69) is 10.6 Å². The standard InChI is InChI=1S/C16H26N4O2S.ClH/c17-10-13(11-5-2-1-3-6-11)19-15(21)9-12(20-16(18)22)14-7-4-8-23-14;/h4,7-8,11-13H,1-3,5-6,9-10,17H2,(H,19,21)(H3,18,20,22);1H. The number of carbonyl (C=O) groups is 2. The lowest BCUT2D eigenvalue weighted by Crippen LogP contribution is -2.47. The normalized spacial score (nSPS) is 17.4. The van der Waals surface area contributed by atoms with Crippen LogP contribution in [-0.4, -0.2) is 24.5 Å². The largest absolute Gasteiger partial charge is 0.352 e. The van der Waals surface area contributed by atoms with Crippen molar-refractivity contribution in [2.75, 3.05) is 6.54 Å². The van der Waals surface area contributed by atoms with Crippen LogP contribution >= 0.6 is 23.7 Å². The molecule has 1 aliphatic carbocycles. The highest BCUT2D eigenvalue weighted by atomic mass is 35.5. The summed E-state index contributed by atoms with van der Waals surface area (Å²) in [6, 6.07) is 2.77. The molecular weight excluding hydrogens is 348 g/mol. The van der Waals surface area contributed by atoms with Crippen molar-refractivity contribution in [3.63, 3.8) is 0 Å². The van der Waals surface area contributed by atoms with Crippen LogP contribution in [0.3, 0.4) is 0 Å². The van der Waals surface area contributed by atoms with Gasteiger partial charge in [-0.15, -0.1) is 23.7 Å². The number of hydrogen-bond donors (Lipinski definition) is 4. The fourth-order valence-electron chi connectivity index (χ4n) is 3.24. The molecule has 1 heterocycles. The van der Waals surface area contributed by atoms with E-state index in [0.29, 0.717) is 12.5 Å². The molecule has 2 unspecified atom stereocenters. The molecule has 1 saturated carbocycles. The second-order valence-corrected chi connectivity index (χ2v) is 7.07. The van der Waals surface area contributed by atoms with Crippen LogP contribution in [0.4, 0.5) is 4.79 Å². The second-order valence-electron chi connectivity index (χ2n) is 6.09. The summed E-state index contributed by atoms with van der Waals surface area (Å²) in [7, 11) is 0. The van der Waals surface area contributed by atoms with E-state index in [-0.39, 0.29) is 30.8 Å². The summed E-state index contributed by atoms with van der Waals surface area (Å²) in [4.78, 5) is 24.5. The summed E-state index contributed by atoms with van der Waals surface area (Å²) in [5.74, 6) is 0.361. The van der Waals surface area contributed by atoms with Crippen LogP contribution in [-0.2, 0) is 4.79 Å². The van der Waals surface area contributed by atoms with Crippen molar-refractivity contribution in [1.29, 1.82) is 0 Å². The molecule has 0 saturated heterocycles. The van der Waals surface area contributed by atoms with Crippen molar-refractivity contribution in [1.82, 2.24) is 10.6 Å². The lowest BCUT2D eigenvalue weighted by atomic mass is 9.84. The highest BCUT2D eigenvalue weighted by Crippen LogP contribution is 2.27. The number of rotatable bonds is 7. The maximum Gasteiger partial charge on any atom is 0.312 e. The molecule has 1 aromatic rings. The predicted octanol–water partition coefficient (Wildman–Crippen LogP) is 2.29. The van der Waals surface area contributed by atoms with Gasteiger partial charge in [0.05, 0.1) is 12.5 Å². The lowest BCUT2D eigenvalue weighted by molar-refractivity contribution is -0.122. The summed E-state index contributed by atoms with van der Waals surface area (Å²) in [5.41, 5.74) is 11.1. The molecule has 1 aromatic heterocycles. The molecule has 8 heteroatoms. The Morgan fingerprint density at radius 2 is 1.96 bits per heavy atom. The van der Waals surface area contributed by atoms with Crippen LogP contribution in [0.5, 0.6) is 0 Å². The molecule has 0 radical (unpaired) electrons. The first kappa shape index (κ1) is 20.7. The molecular formula is C16H27ClN4O2S. The zero-order chi connectivity index (χ0) is 16.7. The van der Waals surface area contributed by atoms with Gasteiger partial charge in [-0.1, -0.05) is 25.3 Å². The number of halogens is 1. The van der Waals surface area contributed by atoms with E-state index in [0.717, 1.165) is 17.7 Å². The first-order chi connectivity index (χ1) is 11.1. The van der Waals surface area contributed by atoms with Crippen molar-refractivity contribution in [2.45, 2.75) is 50.6 Å². The minimum absolute atomic E-state index is 0. The highest BCUT2D eigenvalue weighted by Gasteiger charge is 2.25. The van der Waals surface area contributed by atoms with Gasteiger partial charge in [0.2, 0.25) is 5.91 Å². The van der Waals surface area contributed by atoms with E-state index < -0.39 is 12.1 Å². The van der Waals surface area contributed by atoms with Crippen molar-refractivity contribution in [3.8, 4) is 0 Å². The van der Waals surface area contributed by atoms with Crippen LogP contribution < -0.4 is 22.1 Å². The van der Waals surface area contributed by atoms with E-state index in [1.165, 1.54) is 30.6 Å². The SMILES string of the molecule is Cl.NCC(NC(=O)CC(NC(N)=O)c1cccs1)C1CCCCC1. The van der Waals surface area contributed by atoms with E-state index in [9.17, 15) is 9.59 Å². The van der Waals surface area contributed by atoms with Gasteiger partial charge in [-0.2, -0.15) is 0 Å². The number of amides is 3. The number of nitrogens with one attached hydrogen (secondary N) is 2. The molecule has 136 valence electrons. The summed E-state index contributed by atoms with van der Waals surface area (Å²) >= 11 is 1.49. The fourth-order valence-corrected chi connectivity index (χ4v) is 4.02. The Kier molecular flexibility index (Phi) is 9.10. The monoisotopic (exact) mass is 374 g/mol. The quantitative estimate of drug-likeness (QED) is 0.587. The van der Waals surface area contributed by atoms with Gasteiger partial charge in [0.15, 0.2) is 0 Å². The summed E-state index contributed by atoms with van der Waals surface area (Å²) in [5, 5.41) is 7.60. The number of urea groups is 1. The molecule has 2 rings (SSSR count). The lowest BCUT2D eigenvalue weighted by Gasteiger charge is -2.30. The number of hydrogen-bond acceptors (Lipinski definition) is 4. The van der Waals surface area contributed by atoms with Crippen molar-refractivity contribution < 1.29 is 9.59 Å². The highest BCUT2D eigenvalue weighted by molar-refractivity contribution is 7.10. The van der Waals surface area contributed by atoms with Gasteiger partial charge in [0.25, 0.3) is 0 Å². The average Bonchev–Trinajstić information content (AvgIpc) is 3.07. The molecule has 1 fully saturated rings. The zero-order valence-corrected chi connectivity index (χ0v) is 15.3. The molecule has 24 heavy (non-hydrogen) atoms. The van der Waals surface area contributed by atoms with Crippen LogP contribution in [0.25, 0.3) is 0 Å². The minimum Gasteiger partial charge on any atom is -0.352 e. The van der Waals surface area contributed by atoms with E-state index >= 15 is 0 Å².